The van der Waals surface area contributed by atoms with Crippen LogP contribution in [0, 0.1) is 0 Å². The van der Waals surface area contributed by atoms with Crippen LogP contribution in [-0.2, 0) is 5.41 Å². The molecule has 238 valence electrons. The quantitative estimate of drug-likeness (QED) is 0.174. The molecule has 0 saturated heterocycles. The van der Waals surface area contributed by atoms with Crippen LogP contribution in [0.2, 0.25) is 0 Å². The normalized spacial score (nSPS) is 12.9. The first kappa shape index (κ1) is 29.2. The average Bonchev–Trinajstić information content (AvgIpc) is 3.52. The van der Waals surface area contributed by atoms with Crippen molar-refractivity contribution in [2.75, 3.05) is 0 Å². The van der Waals surface area contributed by atoms with E-state index >= 15 is 0 Å². The van der Waals surface area contributed by atoms with E-state index in [9.17, 15) is 0 Å². The highest BCUT2D eigenvalue weighted by Crippen LogP contribution is 2.56. The molecule has 0 N–H and O–H groups in total. The SMILES string of the molecule is c1ccc(-c2nc(-c3ccc(C4(c5ccccc5)c5ccccc5-c5ccccc54)cc3)nc(-c3ccc4c(ccc5ccccc54)c3)n2)cc1. The molecule has 1 aliphatic carbocycles. The smallest absolute Gasteiger partial charge is 0.164 e. The molecule has 1 aromatic heterocycles. The second kappa shape index (κ2) is 11.7. The van der Waals surface area contributed by atoms with Gasteiger partial charge in [0.05, 0.1) is 5.41 Å². The van der Waals surface area contributed by atoms with Gasteiger partial charge in [0.2, 0.25) is 0 Å². The first-order chi connectivity index (χ1) is 25.3. The van der Waals surface area contributed by atoms with E-state index in [-0.39, 0.29) is 0 Å². The first-order valence-electron chi connectivity index (χ1n) is 17.4. The molecule has 0 bridgehead atoms. The van der Waals surface area contributed by atoms with Crippen molar-refractivity contribution in [3.8, 4) is 45.3 Å². The Morgan fingerprint density at radius 2 is 0.784 bits per heavy atom. The van der Waals surface area contributed by atoms with Gasteiger partial charge in [0, 0.05) is 16.7 Å². The van der Waals surface area contributed by atoms with E-state index in [1.807, 2.05) is 18.2 Å². The van der Waals surface area contributed by atoms with Crippen LogP contribution in [0.25, 0.3) is 66.8 Å². The van der Waals surface area contributed by atoms with Gasteiger partial charge in [-0.05, 0) is 61.0 Å². The molecule has 8 aromatic carbocycles. The molecular weight excluding hydrogens is 619 g/mol. The fourth-order valence-corrected chi connectivity index (χ4v) is 8.08. The summed E-state index contributed by atoms with van der Waals surface area (Å²) in [6, 6.07) is 66.9. The molecule has 9 aromatic rings. The number of rotatable bonds is 5. The summed E-state index contributed by atoms with van der Waals surface area (Å²) in [6.45, 7) is 0. The van der Waals surface area contributed by atoms with Gasteiger partial charge in [-0.25, -0.2) is 15.0 Å². The number of fused-ring (bicyclic) bond motifs is 6. The Kier molecular flexibility index (Phi) is 6.71. The van der Waals surface area contributed by atoms with Crippen molar-refractivity contribution in [3.63, 3.8) is 0 Å². The van der Waals surface area contributed by atoms with Crippen LogP contribution in [0.3, 0.4) is 0 Å². The lowest BCUT2D eigenvalue weighted by Crippen LogP contribution is -2.28. The molecule has 3 nitrogen and oxygen atoms in total. The van der Waals surface area contributed by atoms with Crippen LogP contribution in [0.4, 0.5) is 0 Å². The molecule has 0 radical (unpaired) electrons. The Bertz CT molecular complexity index is 2690. The summed E-state index contributed by atoms with van der Waals surface area (Å²) < 4.78 is 0. The van der Waals surface area contributed by atoms with E-state index in [0.717, 1.165) is 22.1 Å². The molecule has 1 aliphatic rings. The number of nitrogens with zero attached hydrogens (tertiary/aromatic N) is 3. The fraction of sp³-hybridized carbons (Fsp3) is 0.0208. The van der Waals surface area contributed by atoms with Gasteiger partial charge in [-0.1, -0.05) is 182 Å². The van der Waals surface area contributed by atoms with Crippen molar-refractivity contribution in [2.24, 2.45) is 0 Å². The Hall–Kier alpha value is -6.71. The standard InChI is InChI=1S/C48H31N3/c1-3-14-33(15-4-1)45-49-46(51-47(50-45)36-27-30-40-35(31-36)24-23-32-13-7-8-18-39(32)40)34-25-28-38(29-26-34)48(37-16-5-2-6-17-37)43-21-11-9-19-41(43)42-20-10-12-22-44(42)48/h1-31H. The van der Waals surface area contributed by atoms with Crippen molar-refractivity contribution in [3.05, 3.63) is 210 Å². The molecular formula is C48H31N3. The van der Waals surface area contributed by atoms with Gasteiger partial charge in [0.15, 0.2) is 17.5 Å². The van der Waals surface area contributed by atoms with E-state index in [2.05, 4.69) is 170 Å². The minimum absolute atomic E-state index is 0.457. The molecule has 1 heterocycles. The number of hydrogen-bond donors (Lipinski definition) is 0. The number of aromatic nitrogens is 3. The van der Waals surface area contributed by atoms with Crippen LogP contribution >= 0.6 is 0 Å². The third-order valence-electron chi connectivity index (χ3n) is 10.4. The van der Waals surface area contributed by atoms with Gasteiger partial charge < -0.3 is 0 Å². The van der Waals surface area contributed by atoms with E-state index in [4.69, 9.17) is 15.0 Å². The van der Waals surface area contributed by atoms with Gasteiger partial charge >= 0.3 is 0 Å². The summed E-state index contributed by atoms with van der Waals surface area (Å²) in [6.07, 6.45) is 0. The highest BCUT2D eigenvalue weighted by atomic mass is 15.0. The van der Waals surface area contributed by atoms with Gasteiger partial charge in [0.1, 0.15) is 0 Å². The minimum atomic E-state index is -0.457. The predicted octanol–water partition coefficient (Wildman–Crippen LogP) is 11.5. The molecule has 0 unspecified atom stereocenters. The van der Waals surface area contributed by atoms with Crippen molar-refractivity contribution < 1.29 is 0 Å². The van der Waals surface area contributed by atoms with E-state index in [1.54, 1.807) is 0 Å². The Morgan fingerprint density at radius 3 is 1.47 bits per heavy atom. The summed E-state index contributed by atoms with van der Waals surface area (Å²) in [5.74, 6) is 1.94. The summed E-state index contributed by atoms with van der Waals surface area (Å²) in [7, 11) is 0. The maximum atomic E-state index is 5.12. The van der Waals surface area contributed by atoms with Crippen LogP contribution in [0.1, 0.15) is 22.3 Å². The maximum Gasteiger partial charge on any atom is 0.164 e. The lowest BCUT2D eigenvalue weighted by atomic mass is 9.67. The summed E-state index contributed by atoms with van der Waals surface area (Å²) >= 11 is 0. The zero-order valence-corrected chi connectivity index (χ0v) is 27.7. The van der Waals surface area contributed by atoms with Crippen molar-refractivity contribution in [2.45, 2.75) is 5.41 Å². The molecule has 0 amide bonds. The van der Waals surface area contributed by atoms with E-state index in [1.165, 1.54) is 49.5 Å². The van der Waals surface area contributed by atoms with Gasteiger partial charge in [-0.2, -0.15) is 0 Å². The summed E-state index contributed by atoms with van der Waals surface area (Å²) in [5, 5.41) is 4.84. The lowest BCUT2D eigenvalue weighted by molar-refractivity contribution is 0.768. The zero-order chi connectivity index (χ0) is 33.8. The maximum absolute atomic E-state index is 5.12. The Balaban J connectivity index is 1.14. The number of hydrogen-bond acceptors (Lipinski definition) is 3. The Labute approximate surface area is 296 Å². The van der Waals surface area contributed by atoms with Gasteiger partial charge in [-0.3, -0.25) is 0 Å². The molecule has 0 atom stereocenters. The van der Waals surface area contributed by atoms with Crippen molar-refractivity contribution >= 4 is 21.5 Å². The second-order valence-corrected chi connectivity index (χ2v) is 13.2. The molecule has 0 fully saturated rings. The highest BCUT2D eigenvalue weighted by molar-refractivity contribution is 6.08. The van der Waals surface area contributed by atoms with E-state index in [0.29, 0.717) is 17.5 Å². The average molecular weight is 650 g/mol. The first-order valence-corrected chi connectivity index (χ1v) is 17.4. The van der Waals surface area contributed by atoms with Crippen molar-refractivity contribution in [1.82, 2.24) is 15.0 Å². The van der Waals surface area contributed by atoms with Crippen LogP contribution in [0.15, 0.2) is 188 Å². The molecule has 0 saturated carbocycles. The molecule has 0 spiro atoms. The monoisotopic (exact) mass is 649 g/mol. The molecule has 3 heteroatoms. The molecule has 51 heavy (non-hydrogen) atoms. The van der Waals surface area contributed by atoms with Crippen LogP contribution in [-0.4, -0.2) is 15.0 Å². The Morgan fingerprint density at radius 1 is 0.314 bits per heavy atom. The molecule has 10 rings (SSSR count). The lowest BCUT2D eigenvalue weighted by Gasteiger charge is -2.34. The van der Waals surface area contributed by atoms with Crippen molar-refractivity contribution in [1.29, 1.82) is 0 Å². The third-order valence-corrected chi connectivity index (χ3v) is 10.4. The van der Waals surface area contributed by atoms with E-state index < -0.39 is 5.41 Å². The van der Waals surface area contributed by atoms with Crippen LogP contribution < -0.4 is 0 Å². The minimum Gasteiger partial charge on any atom is -0.208 e. The zero-order valence-electron chi connectivity index (χ0n) is 27.7. The van der Waals surface area contributed by atoms with Crippen LogP contribution in [0.5, 0.6) is 0 Å². The molecule has 0 aliphatic heterocycles. The predicted molar refractivity (Wildman–Crippen MR) is 208 cm³/mol. The number of benzene rings is 8. The largest absolute Gasteiger partial charge is 0.208 e. The second-order valence-electron chi connectivity index (χ2n) is 13.2. The van der Waals surface area contributed by atoms with Gasteiger partial charge in [-0.15, -0.1) is 0 Å². The topological polar surface area (TPSA) is 38.7 Å². The summed E-state index contributed by atoms with van der Waals surface area (Å²) in [5.41, 5.74) is 9.98. The van der Waals surface area contributed by atoms with Gasteiger partial charge in [0.25, 0.3) is 0 Å². The fourth-order valence-electron chi connectivity index (χ4n) is 8.08. The highest BCUT2D eigenvalue weighted by Gasteiger charge is 2.45. The summed E-state index contributed by atoms with van der Waals surface area (Å²) in [4.78, 5) is 15.2. The third kappa shape index (κ3) is 4.63.